The van der Waals surface area contributed by atoms with E-state index in [1.54, 1.807) is 34.5 Å². The molecule has 1 aliphatic heterocycles. The van der Waals surface area contributed by atoms with E-state index < -0.39 is 30.5 Å². The fourth-order valence-corrected chi connectivity index (χ4v) is 6.72. The van der Waals surface area contributed by atoms with Crippen molar-refractivity contribution in [3.05, 3.63) is 154 Å². The van der Waals surface area contributed by atoms with Crippen LogP contribution in [0, 0.1) is 0 Å². The van der Waals surface area contributed by atoms with Crippen molar-refractivity contribution in [3.63, 3.8) is 0 Å². The lowest BCUT2D eigenvalue weighted by atomic mass is 9.89. The fraction of sp³-hybridized carbons (Fsp3) is 0.333. The number of hydrogen-bond donors (Lipinski definition) is 1. The highest BCUT2D eigenvalue weighted by atomic mass is 35.5. The molecule has 6 rings (SSSR count). The molecule has 5 aromatic carbocycles. The molecule has 0 radical (unpaired) electrons. The van der Waals surface area contributed by atoms with Gasteiger partial charge in [0.15, 0.2) is 0 Å². The minimum absolute atomic E-state index is 0.184. The molecule has 56 heavy (non-hydrogen) atoms. The standard InChI is InChI=1S/C45H49ClO10/c1-48-36-14-5-30(6-15-36)25-52-29-41-43(53-26-31-7-16-37(49-2)17-8-31)45(55-28-33-11-20-39(51-4)21-12-33)44(54-27-32-9-18-38(50-3)19-10-32)42(56-41)34-13-22-40(46)35(23-34)24-47/h5-23,41-45,47H,24-29H2,1-4H3. The largest absolute Gasteiger partial charge is 0.497 e. The lowest BCUT2D eigenvalue weighted by Gasteiger charge is -2.46. The number of aliphatic hydroxyl groups is 1. The summed E-state index contributed by atoms with van der Waals surface area (Å²) < 4.78 is 55.5. The Kier molecular flexibility index (Phi) is 15.0. The first kappa shape index (κ1) is 41.0. The number of aliphatic hydroxyl groups excluding tert-OH is 1. The van der Waals surface area contributed by atoms with E-state index in [0.717, 1.165) is 50.8 Å². The molecular formula is C45H49ClO10. The summed E-state index contributed by atoms with van der Waals surface area (Å²) in [7, 11) is 6.55. The van der Waals surface area contributed by atoms with E-state index in [2.05, 4.69) is 0 Å². The Morgan fingerprint density at radius 2 is 0.929 bits per heavy atom. The smallest absolute Gasteiger partial charge is 0.118 e. The molecule has 11 heteroatoms. The van der Waals surface area contributed by atoms with Crippen molar-refractivity contribution < 1.29 is 47.7 Å². The molecule has 0 saturated carbocycles. The van der Waals surface area contributed by atoms with Crippen LogP contribution in [0.4, 0.5) is 0 Å². The molecular weight excluding hydrogens is 736 g/mol. The Morgan fingerprint density at radius 1 is 0.518 bits per heavy atom. The van der Waals surface area contributed by atoms with Crippen LogP contribution in [0.15, 0.2) is 115 Å². The van der Waals surface area contributed by atoms with Crippen molar-refractivity contribution in [1.82, 2.24) is 0 Å². The highest BCUT2D eigenvalue weighted by Gasteiger charge is 2.49. The van der Waals surface area contributed by atoms with E-state index in [1.807, 2.05) is 109 Å². The van der Waals surface area contributed by atoms with Crippen molar-refractivity contribution >= 4 is 11.6 Å². The number of hydrogen-bond acceptors (Lipinski definition) is 10. The lowest BCUT2D eigenvalue weighted by molar-refractivity contribution is -0.275. The summed E-state index contributed by atoms with van der Waals surface area (Å²) in [6.07, 6.45) is -3.25. The fourth-order valence-electron chi connectivity index (χ4n) is 6.54. The van der Waals surface area contributed by atoms with E-state index in [0.29, 0.717) is 17.2 Å². The third-order valence-electron chi connectivity index (χ3n) is 9.72. The van der Waals surface area contributed by atoms with Crippen molar-refractivity contribution in [2.45, 2.75) is 63.6 Å². The molecule has 1 aliphatic rings. The minimum atomic E-state index is -0.679. The summed E-state index contributed by atoms with van der Waals surface area (Å²) in [5.41, 5.74) is 5.14. The highest BCUT2D eigenvalue weighted by Crippen LogP contribution is 2.40. The van der Waals surface area contributed by atoms with Gasteiger partial charge in [-0.1, -0.05) is 66.2 Å². The topological polar surface area (TPSA) is 103 Å². The quantitative estimate of drug-likeness (QED) is 0.0881. The Morgan fingerprint density at radius 3 is 1.36 bits per heavy atom. The summed E-state index contributed by atoms with van der Waals surface area (Å²) >= 11 is 6.49. The number of methoxy groups -OCH3 is 4. The first-order valence-electron chi connectivity index (χ1n) is 18.4. The SMILES string of the molecule is COc1ccc(COCC2OC(c3ccc(Cl)c(CO)c3)C(OCc3ccc(OC)cc3)C(OCc3ccc(OC)cc3)C2OCc2ccc(OC)cc2)cc1. The van der Waals surface area contributed by atoms with Gasteiger partial charge in [0, 0.05) is 5.02 Å². The predicted octanol–water partition coefficient (Wildman–Crippen LogP) is 8.28. The van der Waals surface area contributed by atoms with Crippen LogP contribution in [0.5, 0.6) is 23.0 Å². The second-order valence-corrected chi connectivity index (χ2v) is 13.7. The van der Waals surface area contributed by atoms with Crippen LogP contribution in [-0.2, 0) is 56.7 Å². The highest BCUT2D eigenvalue weighted by molar-refractivity contribution is 6.31. The van der Waals surface area contributed by atoms with Crippen LogP contribution in [0.25, 0.3) is 0 Å². The zero-order chi connectivity index (χ0) is 39.3. The number of rotatable bonds is 19. The van der Waals surface area contributed by atoms with E-state index >= 15 is 0 Å². The van der Waals surface area contributed by atoms with E-state index in [4.69, 9.17) is 54.2 Å². The molecule has 1 fully saturated rings. The Balaban J connectivity index is 1.37. The van der Waals surface area contributed by atoms with Gasteiger partial charge in [0.05, 0.1) is 68.1 Å². The molecule has 0 aliphatic carbocycles. The van der Waals surface area contributed by atoms with Crippen molar-refractivity contribution in [2.75, 3.05) is 35.0 Å². The van der Waals surface area contributed by atoms with E-state index in [1.165, 1.54) is 0 Å². The summed E-state index contributed by atoms with van der Waals surface area (Å²) in [6.45, 7) is 1.06. The Labute approximate surface area is 333 Å². The van der Waals surface area contributed by atoms with Gasteiger partial charge >= 0.3 is 0 Å². The number of ether oxygens (including phenoxy) is 9. The average Bonchev–Trinajstić information content (AvgIpc) is 3.25. The maximum Gasteiger partial charge on any atom is 0.118 e. The van der Waals surface area contributed by atoms with Gasteiger partial charge in [-0.2, -0.15) is 0 Å². The molecule has 1 saturated heterocycles. The van der Waals surface area contributed by atoms with Gasteiger partial charge in [0.25, 0.3) is 0 Å². The number of benzene rings is 5. The summed E-state index contributed by atoms with van der Waals surface area (Å²) in [5, 5.41) is 10.7. The lowest BCUT2D eigenvalue weighted by Crippen LogP contribution is -2.58. The minimum Gasteiger partial charge on any atom is -0.497 e. The van der Waals surface area contributed by atoms with Crippen molar-refractivity contribution in [1.29, 1.82) is 0 Å². The molecule has 0 amide bonds. The van der Waals surface area contributed by atoms with Gasteiger partial charge < -0.3 is 47.7 Å². The summed E-state index contributed by atoms with van der Waals surface area (Å²) in [4.78, 5) is 0. The second-order valence-electron chi connectivity index (χ2n) is 13.3. The summed E-state index contributed by atoms with van der Waals surface area (Å²) in [5.74, 6) is 3.01. The molecule has 296 valence electrons. The maximum atomic E-state index is 10.2. The average molecular weight is 785 g/mol. The van der Waals surface area contributed by atoms with Gasteiger partial charge in [-0.15, -0.1) is 0 Å². The van der Waals surface area contributed by atoms with Gasteiger partial charge in [-0.05, 0) is 94.0 Å². The van der Waals surface area contributed by atoms with Crippen LogP contribution in [0.3, 0.4) is 0 Å². The molecule has 10 nitrogen and oxygen atoms in total. The van der Waals surface area contributed by atoms with E-state index in [-0.39, 0.29) is 33.0 Å². The molecule has 5 atom stereocenters. The molecule has 1 heterocycles. The molecule has 5 unspecified atom stereocenters. The van der Waals surface area contributed by atoms with Crippen LogP contribution in [-0.4, -0.2) is 64.6 Å². The van der Waals surface area contributed by atoms with Crippen LogP contribution < -0.4 is 18.9 Å². The maximum absolute atomic E-state index is 10.2. The Bertz CT molecular complexity index is 1920. The van der Waals surface area contributed by atoms with Gasteiger partial charge in [0.2, 0.25) is 0 Å². The normalized spacial score (nSPS) is 19.4. The van der Waals surface area contributed by atoms with Gasteiger partial charge in [0.1, 0.15) is 53.5 Å². The zero-order valence-electron chi connectivity index (χ0n) is 32.1. The molecule has 0 spiro atoms. The van der Waals surface area contributed by atoms with E-state index in [9.17, 15) is 5.11 Å². The van der Waals surface area contributed by atoms with Gasteiger partial charge in [-0.25, -0.2) is 0 Å². The van der Waals surface area contributed by atoms with Crippen LogP contribution >= 0.6 is 11.6 Å². The van der Waals surface area contributed by atoms with Crippen LogP contribution in [0.1, 0.15) is 39.5 Å². The first-order valence-corrected chi connectivity index (χ1v) is 18.8. The van der Waals surface area contributed by atoms with Gasteiger partial charge in [-0.3, -0.25) is 0 Å². The monoisotopic (exact) mass is 784 g/mol. The summed E-state index contributed by atoms with van der Waals surface area (Å²) in [6, 6.07) is 36.5. The molecule has 0 aromatic heterocycles. The Hall–Kier alpha value is -4.65. The molecule has 5 aromatic rings. The third-order valence-corrected chi connectivity index (χ3v) is 10.1. The van der Waals surface area contributed by atoms with Crippen LogP contribution in [0.2, 0.25) is 5.02 Å². The molecule has 1 N–H and O–H groups in total. The molecule has 0 bridgehead atoms. The second kappa shape index (κ2) is 20.5. The predicted molar refractivity (Wildman–Crippen MR) is 212 cm³/mol. The number of halogens is 1. The first-order chi connectivity index (χ1) is 27.4. The van der Waals surface area contributed by atoms with Crippen molar-refractivity contribution in [2.24, 2.45) is 0 Å². The third kappa shape index (κ3) is 10.8. The van der Waals surface area contributed by atoms with Crippen molar-refractivity contribution in [3.8, 4) is 23.0 Å². The zero-order valence-corrected chi connectivity index (χ0v) is 32.9.